The molecule has 0 aromatic rings. The molecule has 0 aliphatic carbocycles. The summed E-state index contributed by atoms with van der Waals surface area (Å²) in [5.41, 5.74) is 0. The highest BCUT2D eigenvalue weighted by atomic mass is 35.5. The number of halogens is 2. The van der Waals surface area contributed by atoms with Gasteiger partial charge in [-0.3, -0.25) is 15.5 Å². The van der Waals surface area contributed by atoms with E-state index in [1.165, 1.54) is 4.90 Å². The third-order valence-corrected chi connectivity index (χ3v) is 3.34. The van der Waals surface area contributed by atoms with Crippen molar-refractivity contribution in [1.29, 1.82) is 5.41 Å². The van der Waals surface area contributed by atoms with Crippen molar-refractivity contribution in [1.82, 2.24) is 4.90 Å². The Morgan fingerprint density at radius 1 is 1.71 bits per heavy atom. The molecule has 1 N–H and O–H groups in total. The fourth-order valence-corrected chi connectivity index (χ4v) is 2.12. The third-order valence-electron chi connectivity index (χ3n) is 2.71. The quantitative estimate of drug-likeness (QED) is 0.213. The van der Waals surface area contributed by atoms with Gasteiger partial charge in [0, 0.05) is 19.5 Å². The van der Waals surface area contributed by atoms with Gasteiger partial charge < -0.3 is 9.64 Å². The Balaban J connectivity index is 2.55. The van der Waals surface area contributed by atoms with Crippen molar-refractivity contribution in [2.24, 2.45) is 5.92 Å². The summed E-state index contributed by atoms with van der Waals surface area (Å²) in [4.78, 5) is 11.1. The number of nitrogens with zero attached hydrogens (tertiary/aromatic N) is 2. The van der Waals surface area contributed by atoms with Crippen LogP contribution in [0.25, 0.3) is 0 Å². The van der Waals surface area contributed by atoms with E-state index in [1.807, 2.05) is 6.92 Å². The normalized spacial score (nSPS) is 24.7. The Bertz CT molecular complexity index is 325. The zero-order valence-electron chi connectivity index (χ0n) is 9.65. The van der Waals surface area contributed by atoms with Crippen molar-refractivity contribution in [3.63, 3.8) is 0 Å². The van der Waals surface area contributed by atoms with Gasteiger partial charge in [-0.15, -0.1) is 0 Å². The van der Waals surface area contributed by atoms with Crippen LogP contribution in [-0.2, 0) is 4.74 Å². The van der Waals surface area contributed by atoms with Crippen molar-refractivity contribution in [2.45, 2.75) is 23.9 Å². The number of nitro groups is 1. The lowest BCUT2D eigenvalue weighted by Gasteiger charge is -2.25. The summed E-state index contributed by atoms with van der Waals surface area (Å²) < 4.78 is 2.99. The lowest BCUT2D eigenvalue weighted by atomic mass is 10.1. The van der Waals surface area contributed by atoms with Gasteiger partial charge in [-0.1, -0.05) is 0 Å². The van der Waals surface area contributed by atoms with E-state index in [9.17, 15) is 10.1 Å². The summed E-state index contributed by atoms with van der Waals surface area (Å²) in [5.74, 6) is -0.184. The van der Waals surface area contributed by atoms with Gasteiger partial charge in [-0.25, -0.2) is 0 Å². The summed E-state index contributed by atoms with van der Waals surface area (Å²) in [5, 5.41) is 18.2. The number of hydrogen-bond donors (Lipinski definition) is 1. The maximum Gasteiger partial charge on any atom is 0.427 e. The second-order valence-electron chi connectivity index (χ2n) is 4.27. The van der Waals surface area contributed by atoms with E-state index in [0.717, 1.165) is 6.42 Å². The van der Waals surface area contributed by atoms with E-state index in [-0.39, 0.29) is 12.0 Å². The first kappa shape index (κ1) is 14.5. The SMILES string of the molecule is CC1CC(CN(C)C(=N)C(Cl)(Cl)[N+](=O)[O-])CO1. The van der Waals surface area contributed by atoms with E-state index in [2.05, 4.69) is 0 Å². The molecule has 1 heterocycles. The molecule has 6 nitrogen and oxygen atoms in total. The molecule has 0 saturated carbocycles. The van der Waals surface area contributed by atoms with Crippen LogP contribution in [0, 0.1) is 21.4 Å². The van der Waals surface area contributed by atoms with Crippen LogP contribution in [-0.4, -0.2) is 46.4 Å². The fraction of sp³-hybridized carbons (Fsp3) is 0.889. The molecule has 0 aromatic carbocycles. The van der Waals surface area contributed by atoms with Crippen LogP contribution >= 0.6 is 23.2 Å². The third kappa shape index (κ3) is 3.43. The summed E-state index contributed by atoms with van der Waals surface area (Å²) in [7, 11) is 1.56. The predicted octanol–water partition coefficient (Wildman–Crippen LogP) is 1.73. The van der Waals surface area contributed by atoms with Crippen LogP contribution in [0.3, 0.4) is 0 Å². The zero-order valence-corrected chi connectivity index (χ0v) is 11.2. The van der Waals surface area contributed by atoms with Gasteiger partial charge in [0.05, 0.1) is 17.6 Å². The Kier molecular flexibility index (Phi) is 4.57. The van der Waals surface area contributed by atoms with E-state index in [1.54, 1.807) is 7.05 Å². The molecule has 0 radical (unpaired) electrons. The van der Waals surface area contributed by atoms with E-state index in [4.69, 9.17) is 33.3 Å². The van der Waals surface area contributed by atoms with Gasteiger partial charge in [0.15, 0.2) is 0 Å². The molecule has 0 spiro atoms. The van der Waals surface area contributed by atoms with Crippen molar-refractivity contribution in [3.8, 4) is 0 Å². The van der Waals surface area contributed by atoms with Crippen LogP contribution in [0.2, 0.25) is 0 Å². The summed E-state index contributed by atoms with van der Waals surface area (Å²) in [6, 6.07) is 0. The molecular weight excluding hydrogens is 269 g/mol. The maximum atomic E-state index is 10.6. The second kappa shape index (κ2) is 5.37. The topological polar surface area (TPSA) is 79.5 Å². The zero-order chi connectivity index (χ0) is 13.2. The maximum absolute atomic E-state index is 10.6. The van der Waals surface area contributed by atoms with Gasteiger partial charge in [-0.05, 0) is 36.5 Å². The van der Waals surface area contributed by atoms with Gasteiger partial charge >= 0.3 is 4.46 Å². The minimum absolute atomic E-state index is 0.190. The van der Waals surface area contributed by atoms with Gasteiger partial charge in [0.1, 0.15) is 0 Å². The number of alkyl halides is 2. The van der Waals surface area contributed by atoms with Crippen molar-refractivity contribution >= 4 is 29.0 Å². The number of amidine groups is 1. The molecule has 1 rings (SSSR count). The van der Waals surface area contributed by atoms with Gasteiger partial charge in [-0.2, -0.15) is 0 Å². The minimum Gasteiger partial charge on any atom is -0.378 e. The molecule has 0 aromatic heterocycles. The van der Waals surface area contributed by atoms with Crippen molar-refractivity contribution in [2.75, 3.05) is 20.2 Å². The summed E-state index contributed by atoms with van der Waals surface area (Å²) in [6.07, 6.45) is 1.06. The Hall–Kier alpha value is -0.590. The molecule has 1 fully saturated rings. The number of ether oxygens (including phenoxy) is 1. The molecule has 98 valence electrons. The first-order valence-electron chi connectivity index (χ1n) is 5.19. The first-order chi connectivity index (χ1) is 7.75. The lowest BCUT2D eigenvalue weighted by Crippen LogP contribution is -2.46. The van der Waals surface area contributed by atoms with Crippen LogP contribution in [0.5, 0.6) is 0 Å². The number of nitrogens with one attached hydrogen (secondary N) is 1. The monoisotopic (exact) mass is 283 g/mol. The second-order valence-corrected chi connectivity index (χ2v) is 5.56. The lowest BCUT2D eigenvalue weighted by molar-refractivity contribution is -0.497. The van der Waals surface area contributed by atoms with Crippen LogP contribution in [0.4, 0.5) is 0 Å². The highest BCUT2D eigenvalue weighted by molar-refractivity contribution is 6.56. The Morgan fingerprint density at radius 3 is 2.71 bits per heavy atom. The number of rotatable bonds is 4. The van der Waals surface area contributed by atoms with E-state index >= 15 is 0 Å². The fourth-order valence-electron chi connectivity index (χ4n) is 1.83. The Morgan fingerprint density at radius 2 is 2.29 bits per heavy atom. The van der Waals surface area contributed by atoms with Gasteiger partial charge in [0.25, 0.3) is 0 Å². The first-order valence-corrected chi connectivity index (χ1v) is 5.94. The highest BCUT2D eigenvalue weighted by Gasteiger charge is 2.46. The smallest absolute Gasteiger partial charge is 0.378 e. The van der Waals surface area contributed by atoms with Crippen molar-refractivity contribution in [3.05, 3.63) is 10.1 Å². The van der Waals surface area contributed by atoms with E-state index in [0.29, 0.717) is 13.2 Å². The standard InChI is InChI=1S/C9H15Cl2N3O3/c1-6-3-7(5-17-6)4-13(2)8(12)9(10,11)14(15)16/h6-7,12H,3-5H2,1-2H3. The van der Waals surface area contributed by atoms with Crippen LogP contribution in [0.1, 0.15) is 13.3 Å². The average molecular weight is 284 g/mol. The largest absolute Gasteiger partial charge is 0.427 e. The van der Waals surface area contributed by atoms with E-state index < -0.39 is 15.2 Å². The van der Waals surface area contributed by atoms with Crippen molar-refractivity contribution < 1.29 is 9.66 Å². The number of hydrogen-bond acceptors (Lipinski definition) is 4. The molecule has 1 aliphatic heterocycles. The Labute approximate surface area is 109 Å². The molecule has 1 saturated heterocycles. The average Bonchev–Trinajstić information content (AvgIpc) is 2.62. The van der Waals surface area contributed by atoms with Crippen LogP contribution in [0.15, 0.2) is 0 Å². The molecule has 1 aliphatic rings. The molecule has 2 atom stereocenters. The molecule has 17 heavy (non-hydrogen) atoms. The van der Waals surface area contributed by atoms with Gasteiger partial charge in [0.2, 0.25) is 5.84 Å². The molecule has 0 bridgehead atoms. The molecule has 8 heteroatoms. The van der Waals surface area contributed by atoms with Crippen LogP contribution < -0.4 is 0 Å². The molecular formula is C9H15Cl2N3O3. The highest BCUT2D eigenvalue weighted by Crippen LogP contribution is 2.26. The predicted molar refractivity (Wildman–Crippen MR) is 65.3 cm³/mol. The summed E-state index contributed by atoms with van der Waals surface area (Å²) in [6.45, 7) is 3.03. The molecule has 2 unspecified atom stereocenters. The minimum atomic E-state index is -2.39. The summed E-state index contributed by atoms with van der Waals surface area (Å²) >= 11 is 11.0. The number of likely N-dealkylation sites (N-methyl/N-ethyl adjacent to an activating group) is 1. The molecule has 0 amide bonds.